The van der Waals surface area contributed by atoms with Crippen molar-refractivity contribution < 1.29 is 4.39 Å². The van der Waals surface area contributed by atoms with Crippen LogP contribution in [0.3, 0.4) is 0 Å². The second-order valence-corrected chi connectivity index (χ2v) is 5.37. The van der Waals surface area contributed by atoms with Crippen molar-refractivity contribution in [1.82, 2.24) is 5.32 Å². The average molecular weight is 248 g/mol. The van der Waals surface area contributed by atoms with Gasteiger partial charge in [0.2, 0.25) is 0 Å². The molecule has 2 atom stereocenters. The van der Waals surface area contributed by atoms with Crippen LogP contribution in [0.2, 0.25) is 0 Å². The zero-order valence-electron chi connectivity index (χ0n) is 10.7. The van der Waals surface area contributed by atoms with Gasteiger partial charge < -0.3 is 10.6 Å². The highest BCUT2D eigenvalue weighted by atomic mass is 19.1. The van der Waals surface area contributed by atoms with Crippen LogP contribution in [0.1, 0.15) is 43.0 Å². The SMILES string of the molecule is FC(c1cccc2c1NCC2)C1CCCCCN1. The van der Waals surface area contributed by atoms with E-state index in [9.17, 15) is 4.39 Å². The van der Waals surface area contributed by atoms with Crippen molar-refractivity contribution in [2.24, 2.45) is 0 Å². The smallest absolute Gasteiger partial charge is 0.142 e. The normalized spacial score (nSPS) is 25.1. The Hall–Kier alpha value is -1.09. The number of benzene rings is 1. The number of para-hydroxylation sites is 1. The number of nitrogens with one attached hydrogen (secondary N) is 2. The molecule has 1 saturated heterocycles. The Balaban J connectivity index is 1.83. The van der Waals surface area contributed by atoms with Gasteiger partial charge in [0.25, 0.3) is 0 Å². The lowest BCUT2D eigenvalue weighted by atomic mass is 9.96. The summed E-state index contributed by atoms with van der Waals surface area (Å²) in [6.07, 6.45) is 4.62. The molecule has 0 radical (unpaired) electrons. The Bertz CT molecular complexity index is 411. The van der Waals surface area contributed by atoms with Crippen LogP contribution in [-0.4, -0.2) is 19.1 Å². The van der Waals surface area contributed by atoms with E-state index in [0.29, 0.717) is 0 Å². The van der Waals surface area contributed by atoms with Crippen molar-refractivity contribution in [2.75, 3.05) is 18.4 Å². The van der Waals surface area contributed by atoms with Gasteiger partial charge in [0.05, 0.1) is 0 Å². The average Bonchev–Trinajstić information content (AvgIpc) is 2.71. The van der Waals surface area contributed by atoms with Crippen LogP contribution in [0.4, 0.5) is 10.1 Å². The molecule has 98 valence electrons. The molecule has 0 bridgehead atoms. The Labute approximate surface area is 108 Å². The first-order chi connectivity index (χ1) is 8.86. The lowest BCUT2D eigenvalue weighted by Crippen LogP contribution is -2.32. The van der Waals surface area contributed by atoms with E-state index in [1.165, 1.54) is 18.4 Å². The summed E-state index contributed by atoms with van der Waals surface area (Å²) in [5.74, 6) is 0. The maximum absolute atomic E-state index is 14.8. The van der Waals surface area contributed by atoms with Crippen molar-refractivity contribution in [2.45, 2.75) is 44.3 Å². The molecule has 2 heterocycles. The third kappa shape index (κ3) is 2.24. The van der Waals surface area contributed by atoms with Gasteiger partial charge in [-0.15, -0.1) is 0 Å². The number of alkyl halides is 1. The second-order valence-electron chi connectivity index (χ2n) is 5.37. The number of hydrogen-bond acceptors (Lipinski definition) is 2. The number of fused-ring (bicyclic) bond motifs is 1. The first kappa shape index (κ1) is 12.0. The number of rotatable bonds is 2. The van der Waals surface area contributed by atoms with Crippen molar-refractivity contribution in [3.05, 3.63) is 29.3 Å². The summed E-state index contributed by atoms with van der Waals surface area (Å²) in [6.45, 7) is 1.89. The molecule has 1 aromatic carbocycles. The van der Waals surface area contributed by atoms with Gasteiger partial charge in [-0.1, -0.05) is 31.0 Å². The number of hydrogen-bond donors (Lipinski definition) is 2. The molecule has 0 aliphatic carbocycles. The quantitative estimate of drug-likeness (QED) is 0.840. The number of halogens is 1. The fourth-order valence-electron chi connectivity index (χ4n) is 3.12. The Morgan fingerprint density at radius 1 is 1.17 bits per heavy atom. The van der Waals surface area contributed by atoms with Crippen molar-refractivity contribution in [3.63, 3.8) is 0 Å². The van der Waals surface area contributed by atoms with Gasteiger partial charge >= 0.3 is 0 Å². The summed E-state index contributed by atoms with van der Waals surface area (Å²) in [5.41, 5.74) is 3.17. The minimum atomic E-state index is -0.886. The van der Waals surface area contributed by atoms with E-state index in [2.05, 4.69) is 16.7 Å². The molecule has 0 spiro atoms. The van der Waals surface area contributed by atoms with Crippen molar-refractivity contribution >= 4 is 5.69 Å². The maximum atomic E-state index is 14.8. The summed E-state index contributed by atoms with van der Waals surface area (Å²) in [7, 11) is 0. The maximum Gasteiger partial charge on any atom is 0.142 e. The van der Waals surface area contributed by atoms with Gasteiger partial charge in [0.15, 0.2) is 0 Å². The molecule has 1 aromatic rings. The zero-order valence-corrected chi connectivity index (χ0v) is 10.7. The molecule has 0 amide bonds. The Kier molecular flexibility index (Phi) is 3.50. The van der Waals surface area contributed by atoms with Crippen LogP contribution in [-0.2, 0) is 6.42 Å². The van der Waals surface area contributed by atoms with Gasteiger partial charge in [-0.25, -0.2) is 4.39 Å². The monoisotopic (exact) mass is 248 g/mol. The third-order valence-electron chi connectivity index (χ3n) is 4.13. The standard InChI is InChI=1S/C15H21FN2/c16-14(13-7-2-1-3-9-17-13)12-6-4-5-11-8-10-18-15(11)12/h4-6,13-14,17-18H,1-3,7-10H2. The predicted molar refractivity (Wildman–Crippen MR) is 72.7 cm³/mol. The molecule has 1 fully saturated rings. The van der Waals surface area contributed by atoms with Gasteiger partial charge in [-0.2, -0.15) is 0 Å². The van der Waals surface area contributed by atoms with E-state index in [1.54, 1.807) is 0 Å². The van der Waals surface area contributed by atoms with E-state index in [-0.39, 0.29) is 6.04 Å². The fraction of sp³-hybridized carbons (Fsp3) is 0.600. The lowest BCUT2D eigenvalue weighted by molar-refractivity contribution is 0.249. The molecule has 2 unspecified atom stereocenters. The molecule has 0 aromatic heterocycles. The topological polar surface area (TPSA) is 24.1 Å². The molecular weight excluding hydrogens is 227 g/mol. The van der Waals surface area contributed by atoms with Crippen LogP contribution in [0.15, 0.2) is 18.2 Å². The van der Waals surface area contributed by atoms with E-state index >= 15 is 0 Å². The fourth-order valence-corrected chi connectivity index (χ4v) is 3.12. The molecule has 2 aliphatic rings. The van der Waals surface area contributed by atoms with Crippen LogP contribution >= 0.6 is 0 Å². The van der Waals surface area contributed by atoms with E-state index in [1.807, 2.05) is 12.1 Å². The van der Waals surface area contributed by atoms with Gasteiger partial charge in [-0.3, -0.25) is 0 Å². The summed E-state index contributed by atoms with van der Waals surface area (Å²) < 4.78 is 14.8. The largest absolute Gasteiger partial charge is 0.384 e. The van der Waals surface area contributed by atoms with Crippen LogP contribution in [0.25, 0.3) is 0 Å². The van der Waals surface area contributed by atoms with E-state index in [0.717, 1.165) is 43.6 Å². The molecule has 2 aliphatic heterocycles. The van der Waals surface area contributed by atoms with E-state index < -0.39 is 6.17 Å². The summed E-state index contributed by atoms with van der Waals surface area (Å²) in [4.78, 5) is 0. The highest BCUT2D eigenvalue weighted by Crippen LogP contribution is 2.35. The van der Waals surface area contributed by atoms with Crippen molar-refractivity contribution in [1.29, 1.82) is 0 Å². The lowest BCUT2D eigenvalue weighted by Gasteiger charge is -2.22. The highest BCUT2D eigenvalue weighted by Gasteiger charge is 2.27. The third-order valence-corrected chi connectivity index (χ3v) is 4.13. The molecule has 3 heteroatoms. The summed E-state index contributed by atoms with van der Waals surface area (Å²) in [6, 6.07) is 6.02. The molecule has 3 rings (SSSR count). The summed E-state index contributed by atoms with van der Waals surface area (Å²) >= 11 is 0. The minimum absolute atomic E-state index is 0.0126. The predicted octanol–water partition coefficient (Wildman–Crippen LogP) is 3.20. The molecule has 2 N–H and O–H groups in total. The number of anilines is 1. The van der Waals surface area contributed by atoms with Crippen LogP contribution in [0, 0.1) is 0 Å². The van der Waals surface area contributed by atoms with E-state index in [4.69, 9.17) is 0 Å². The minimum Gasteiger partial charge on any atom is -0.384 e. The Morgan fingerprint density at radius 3 is 3.06 bits per heavy atom. The molecule has 0 saturated carbocycles. The highest BCUT2D eigenvalue weighted by molar-refractivity contribution is 5.62. The van der Waals surface area contributed by atoms with Gasteiger partial charge in [0.1, 0.15) is 6.17 Å². The van der Waals surface area contributed by atoms with Crippen LogP contribution < -0.4 is 10.6 Å². The zero-order chi connectivity index (χ0) is 12.4. The first-order valence-corrected chi connectivity index (χ1v) is 7.09. The van der Waals surface area contributed by atoms with Crippen LogP contribution in [0.5, 0.6) is 0 Å². The van der Waals surface area contributed by atoms with Gasteiger partial charge in [0, 0.05) is 23.8 Å². The molecular formula is C15H21FN2. The summed E-state index contributed by atoms with van der Waals surface area (Å²) in [5, 5.41) is 6.70. The van der Waals surface area contributed by atoms with Gasteiger partial charge in [-0.05, 0) is 31.4 Å². The van der Waals surface area contributed by atoms with Crippen molar-refractivity contribution in [3.8, 4) is 0 Å². The first-order valence-electron chi connectivity index (χ1n) is 7.09. The Morgan fingerprint density at radius 2 is 2.11 bits per heavy atom. The molecule has 18 heavy (non-hydrogen) atoms. The second kappa shape index (κ2) is 5.27. The molecule has 2 nitrogen and oxygen atoms in total.